The molecule has 0 unspecified atom stereocenters. The summed E-state index contributed by atoms with van der Waals surface area (Å²) >= 11 is 0. The van der Waals surface area contributed by atoms with Gasteiger partial charge >= 0.3 is 6.03 Å². The van der Waals surface area contributed by atoms with E-state index in [-0.39, 0.29) is 6.03 Å². The largest absolute Gasteiger partial charge is 0.334 e. The van der Waals surface area contributed by atoms with Gasteiger partial charge in [0.1, 0.15) is 0 Å². The average Bonchev–Trinajstić information content (AvgIpc) is 2.89. The lowest BCUT2D eigenvalue weighted by Crippen LogP contribution is -2.37. The summed E-state index contributed by atoms with van der Waals surface area (Å²) in [6, 6.07) is 5.84. The Kier molecular flexibility index (Phi) is 5.73. The number of hydrogen-bond acceptors (Lipinski definition) is 3. The van der Waals surface area contributed by atoms with Crippen LogP contribution in [0.3, 0.4) is 0 Å². The SMILES string of the molecule is CCCCN(C)C(=O)NCc1ccc(-n2nc(C)cc2C)nc1. The van der Waals surface area contributed by atoms with Crippen LogP contribution in [-0.4, -0.2) is 39.3 Å². The molecular weight excluding hydrogens is 290 g/mol. The Balaban J connectivity index is 1.93. The van der Waals surface area contributed by atoms with Gasteiger partial charge in [0.15, 0.2) is 5.82 Å². The summed E-state index contributed by atoms with van der Waals surface area (Å²) in [6.45, 7) is 7.32. The van der Waals surface area contributed by atoms with Crippen molar-refractivity contribution in [3.8, 4) is 5.82 Å². The first-order chi connectivity index (χ1) is 11.0. The maximum Gasteiger partial charge on any atom is 0.317 e. The van der Waals surface area contributed by atoms with E-state index in [0.29, 0.717) is 6.54 Å². The van der Waals surface area contributed by atoms with Gasteiger partial charge in [-0.05, 0) is 38.0 Å². The minimum absolute atomic E-state index is 0.0546. The second kappa shape index (κ2) is 7.76. The molecule has 2 rings (SSSR count). The van der Waals surface area contributed by atoms with E-state index in [9.17, 15) is 4.79 Å². The fraction of sp³-hybridized carbons (Fsp3) is 0.471. The van der Waals surface area contributed by atoms with Crippen LogP contribution in [-0.2, 0) is 6.54 Å². The van der Waals surface area contributed by atoms with Crippen molar-refractivity contribution in [2.24, 2.45) is 0 Å². The van der Waals surface area contributed by atoms with Crippen molar-refractivity contribution in [1.82, 2.24) is 25.0 Å². The number of carbonyl (C=O) groups excluding carboxylic acids is 1. The standard InChI is InChI=1S/C17H25N5O/c1-5-6-9-21(4)17(23)19-12-15-7-8-16(18-11-15)22-14(3)10-13(2)20-22/h7-8,10-11H,5-6,9,12H2,1-4H3,(H,19,23). The number of aryl methyl sites for hydroxylation is 2. The second-order valence-electron chi connectivity index (χ2n) is 5.80. The molecule has 0 aliphatic carbocycles. The lowest BCUT2D eigenvalue weighted by Gasteiger charge is -2.17. The Morgan fingerprint density at radius 1 is 1.35 bits per heavy atom. The topological polar surface area (TPSA) is 63.1 Å². The molecule has 2 aromatic heterocycles. The number of nitrogens with zero attached hydrogens (tertiary/aromatic N) is 4. The summed E-state index contributed by atoms with van der Waals surface area (Å²) in [5.41, 5.74) is 2.98. The molecule has 124 valence electrons. The Morgan fingerprint density at radius 3 is 2.70 bits per heavy atom. The number of hydrogen-bond donors (Lipinski definition) is 1. The van der Waals surface area contributed by atoms with Gasteiger partial charge in [-0.25, -0.2) is 14.5 Å². The number of amides is 2. The van der Waals surface area contributed by atoms with Crippen LogP contribution in [0.4, 0.5) is 4.79 Å². The van der Waals surface area contributed by atoms with Crippen molar-refractivity contribution in [1.29, 1.82) is 0 Å². The number of aromatic nitrogens is 3. The monoisotopic (exact) mass is 315 g/mol. The van der Waals surface area contributed by atoms with Gasteiger partial charge < -0.3 is 10.2 Å². The quantitative estimate of drug-likeness (QED) is 0.891. The lowest BCUT2D eigenvalue weighted by molar-refractivity contribution is 0.207. The molecule has 0 saturated carbocycles. The number of pyridine rings is 1. The highest BCUT2D eigenvalue weighted by molar-refractivity contribution is 5.73. The normalized spacial score (nSPS) is 10.6. The van der Waals surface area contributed by atoms with Crippen LogP contribution in [0.5, 0.6) is 0 Å². The lowest BCUT2D eigenvalue weighted by atomic mass is 10.3. The van der Waals surface area contributed by atoms with E-state index >= 15 is 0 Å². The molecule has 0 aliphatic heterocycles. The zero-order valence-corrected chi connectivity index (χ0v) is 14.3. The molecule has 0 bridgehead atoms. The molecule has 2 heterocycles. The van der Waals surface area contributed by atoms with Crippen molar-refractivity contribution in [3.63, 3.8) is 0 Å². The van der Waals surface area contributed by atoms with Gasteiger partial charge in [0.2, 0.25) is 0 Å². The van der Waals surface area contributed by atoms with Gasteiger partial charge in [-0.1, -0.05) is 19.4 Å². The molecule has 0 aliphatic rings. The zero-order chi connectivity index (χ0) is 16.8. The summed E-state index contributed by atoms with van der Waals surface area (Å²) in [7, 11) is 1.81. The summed E-state index contributed by atoms with van der Waals surface area (Å²) in [4.78, 5) is 18.1. The maximum atomic E-state index is 11.9. The predicted molar refractivity (Wildman–Crippen MR) is 90.6 cm³/mol. The first kappa shape index (κ1) is 17.0. The van der Waals surface area contributed by atoms with E-state index in [1.54, 1.807) is 11.1 Å². The summed E-state index contributed by atoms with van der Waals surface area (Å²) in [5.74, 6) is 0.783. The van der Waals surface area contributed by atoms with Crippen LogP contribution in [0.1, 0.15) is 36.7 Å². The summed E-state index contributed by atoms with van der Waals surface area (Å²) in [5, 5.41) is 7.32. The van der Waals surface area contributed by atoms with Crippen molar-refractivity contribution in [2.75, 3.05) is 13.6 Å². The first-order valence-electron chi connectivity index (χ1n) is 7.98. The minimum Gasteiger partial charge on any atom is -0.334 e. The highest BCUT2D eigenvalue weighted by Gasteiger charge is 2.08. The van der Waals surface area contributed by atoms with E-state index in [0.717, 1.165) is 42.2 Å². The molecule has 0 radical (unpaired) electrons. The van der Waals surface area contributed by atoms with Gasteiger partial charge in [0.05, 0.1) is 5.69 Å². The van der Waals surface area contributed by atoms with Crippen LogP contribution in [0.2, 0.25) is 0 Å². The Bertz CT molecular complexity index is 648. The Hall–Kier alpha value is -2.37. The molecular formula is C17H25N5O. The zero-order valence-electron chi connectivity index (χ0n) is 14.3. The van der Waals surface area contributed by atoms with Crippen LogP contribution in [0.15, 0.2) is 24.4 Å². The molecule has 0 atom stereocenters. The van der Waals surface area contributed by atoms with Gasteiger partial charge in [0, 0.05) is 32.0 Å². The molecule has 6 nitrogen and oxygen atoms in total. The minimum atomic E-state index is -0.0546. The number of urea groups is 1. The highest BCUT2D eigenvalue weighted by Crippen LogP contribution is 2.10. The molecule has 2 aromatic rings. The number of carbonyl (C=O) groups is 1. The van der Waals surface area contributed by atoms with Crippen molar-refractivity contribution < 1.29 is 4.79 Å². The van der Waals surface area contributed by atoms with E-state index < -0.39 is 0 Å². The number of rotatable bonds is 6. The molecule has 2 amide bonds. The average molecular weight is 315 g/mol. The van der Waals surface area contributed by atoms with Gasteiger partial charge in [-0.15, -0.1) is 0 Å². The van der Waals surface area contributed by atoms with Crippen molar-refractivity contribution in [3.05, 3.63) is 41.3 Å². The van der Waals surface area contributed by atoms with Gasteiger partial charge in [-0.3, -0.25) is 0 Å². The number of unbranched alkanes of at least 4 members (excludes halogenated alkanes) is 1. The first-order valence-corrected chi connectivity index (χ1v) is 7.98. The smallest absolute Gasteiger partial charge is 0.317 e. The Morgan fingerprint density at radius 2 is 2.13 bits per heavy atom. The fourth-order valence-corrected chi connectivity index (χ4v) is 2.32. The summed E-state index contributed by atoms with van der Waals surface area (Å²) in [6.07, 6.45) is 3.87. The molecule has 0 spiro atoms. The van der Waals surface area contributed by atoms with Crippen molar-refractivity contribution in [2.45, 2.75) is 40.2 Å². The third-order valence-electron chi connectivity index (χ3n) is 3.67. The van der Waals surface area contributed by atoms with Crippen LogP contribution in [0.25, 0.3) is 5.82 Å². The van der Waals surface area contributed by atoms with Crippen LogP contribution < -0.4 is 5.32 Å². The molecule has 0 fully saturated rings. The highest BCUT2D eigenvalue weighted by atomic mass is 16.2. The molecule has 6 heteroatoms. The molecule has 1 N–H and O–H groups in total. The van der Waals surface area contributed by atoms with E-state index in [1.165, 1.54) is 0 Å². The third-order valence-corrected chi connectivity index (χ3v) is 3.67. The molecule has 0 saturated heterocycles. The molecule has 0 aromatic carbocycles. The van der Waals surface area contributed by atoms with Crippen LogP contribution in [0, 0.1) is 13.8 Å². The van der Waals surface area contributed by atoms with Crippen molar-refractivity contribution >= 4 is 6.03 Å². The van der Waals surface area contributed by atoms with Crippen LogP contribution >= 0.6 is 0 Å². The third kappa shape index (κ3) is 4.55. The van der Waals surface area contributed by atoms with Gasteiger partial charge in [0.25, 0.3) is 0 Å². The van der Waals surface area contributed by atoms with Gasteiger partial charge in [-0.2, -0.15) is 5.10 Å². The maximum absolute atomic E-state index is 11.9. The predicted octanol–water partition coefficient (Wildman–Crippen LogP) is 2.83. The van der Waals surface area contributed by atoms with E-state index in [1.807, 2.05) is 43.8 Å². The summed E-state index contributed by atoms with van der Waals surface area (Å²) < 4.78 is 1.82. The Labute approximate surface area is 137 Å². The van der Waals surface area contributed by atoms with E-state index in [2.05, 4.69) is 22.3 Å². The molecule has 23 heavy (non-hydrogen) atoms. The fourth-order valence-electron chi connectivity index (χ4n) is 2.32. The number of nitrogens with one attached hydrogen (secondary N) is 1. The van der Waals surface area contributed by atoms with E-state index in [4.69, 9.17) is 0 Å². The second-order valence-corrected chi connectivity index (χ2v) is 5.80.